The Morgan fingerprint density at radius 3 is 2.43 bits per heavy atom. The molecule has 0 bridgehead atoms. The summed E-state index contributed by atoms with van der Waals surface area (Å²) in [6, 6.07) is 14.5. The molecule has 0 aliphatic heterocycles. The first kappa shape index (κ1) is 20.0. The molecule has 0 spiro atoms. The van der Waals surface area contributed by atoms with E-state index in [9.17, 15) is 4.79 Å². The van der Waals surface area contributed by atoms with E-state index in [-0.39, 0.29) is 35.8 Å². The van der Waals surface area contributed by atoms with E-state index in [1.807, 2.05) is 18.2 Å². The van der Waals surface area contributed by atoms with Crippen molar-refractivity contribution in [3.63, 3.8) is 0 Å². The number of hydrogen-bond acceptors (Lipinski definition) is 2. The van der Waals surface area contributed by atoms with Crippen LogP contribution in [-0.4, -0.2) is 36.5 Å². The molecule has 2 aromatic carbocycles. The number of fused-ring (bicyclic) bond motifs is 1. The number of hydrogen-bond donors (Lipinski definition) is 0. The predicted octanol–water partition coefficient (Wildman–Crippen LogP) is 4.54. The molecule has 0 saturated carbocycles. The summed E-state index contributed by atoms with van der Waals surface area (Å²) in [6.07, 6.45) is 4.96. The summed E-state index contributed by atoms with van der Waals surface area (Å²) < 4.78 is 5.51. The van der Waals surface area contributed by atoms with E-state index in [4.69, 9.17) is 4.74 Å². The standard InChI is InChI=1S/C20H26O2.Sn.2H/c1-3-5-12-19(20(21)22-15-6-4-2)18-14-9-11-16-10-7-8-13-17(16)18;;;/h7-11,13-14,19H,3-6,12,15H2,1-2H3;;;. The van der Waals surface area contributed by atoms with Gasteiger partial charge in [0, 0.05) is 0 Å². The monoisotopic (exact) mass is 420 g/mol. The third kappa shape index (κ3) is 5.52. The number of benzene rings is 2. The number of carbonyl (C=O) groups excluding carboxylic acids is 1. The molecule has 0 saturated heterocycles. The van der Waals surface area contributed by atoms with E-state index in [1.165, 1.54) is 10.8 Å². The van der Waals surface area contributed by atoms with Gasteiger partial charge in [-0.1, -0.05) is 75.6 Å². The number of rotatable bonds is 8. The molecular formula is C20H28O2Sn. The van der Waals surface area contributed by atoms with E-state index in [0.29, 0.717) is 6.61 Å². The van der Waals surface area contributed by atoms with Crippen molar-refractivity contribution in [1.82, 2.24) is 0 Å². The van der Waals surface area contributed by atoms with Crippen LogP contribution in [0.2, 0.25) is 0 Å². The first-order chi connectivity index (χ1) is 10.8. The van der Waals surface area contributed by atoms with Crippen LogP contribution in [0.25, 0.3) is 10.8 Å². The second kappa shape index (κ2) is 10.7. The van der Waals surface area contributed by atoms with Crippen LogP contribution in [0, 0.1) is 0 Å². The normalized spacial score (nSPS) is 11.7. The van der Waals surface area contributed by atoms with Crippen LogP contribution in [0.5, 0.6) is 0 Å². The Morgan fingerprint density at radius 2 is 1.70 bits per heavy atom. The van der Waals surface area contributed by atoms with Crippen molar-refractivity contribution >= 4 is 40.6 Å². The van der Waals surface area contributed by atoms with Crippen LogP contribution in [0.3, 0.4) is 0 Å². The van der Waals surface area contributed by atoms with Crippen LogP contribution in [0.4, 0.5) is 0 Å². The van der Waals surface area contributed by atoms with Gasteiger partial charge in [0.25, 0.3) is 0 Å². The van der Waals surface area contributed by atoms with Gasteiger partial charge in [0.15, 0.2) is 0 Å². The summed E-state index contributed by atoms with van der Waals surface area (Å²) >= 11 is 0. The molecule has 3 heteroatoms. The summed E-state index contributed by atoms with van der Waals surface area (Å²) in [6.45, 7) is 4.79. The van der Waals surface area contributed by atoms with Gasteiger partial charge in [-0.2, -0.15) is 0 Å². The van der Waals surface area contributed by atoms with Crippen molar-refractivity contribution in [2.45, 2.75) is 51.9 Å². The molecule has 0 aromatic heterocycles. The Bertz CT molecular complexity index is 604. The van der Waals surface area contributed by atoms with Gasteiger partial charge in [-0.05, 0) is 29.2 Å². The van der Waals surface area contributed by atoms with Crippen LogP contribution in [0.1, 0.15) is 57.4 Å². The summed E-state index contributed by atoms with van der Waals surface area (Å²) in [5, 5.41) is 2.35. The van der Waals surface area contributed by atoms with Crippen molar-refractivity contribution in [1.29, 1.82) is 0 Å². The second-order valence-corrected chi connectivity index (χ2v) is 5.78. The number of carbonyl (C=O) groups is 1. The molecule has 2 aromatic rings. The number of esters is 1. The number of ether oxygens (including phenoxy) is 1. The van der Waals surface area contributed by atoms with E-state index in [2.05, 4.69) is 38.1 Å². The molecule has 0 fully saturated rings. The van der Waals surface area contributed by atoms with Gasteiger partial charge in [-0.3, -0.25) is 4.79 Å². The fourth-order valence-electron chi connectivity index (χ4n) is 2.78. The molecule has 1 atom stereocenters. The Hall–Kier alpha value is -1.03. The summed E-state index contributed by atoms with van der Waals surface area (Å²) in [4.78, 5) is 12.5. The van der Waals surface area contributed by atoms with E-state index in [1.54, 1.807) is 0 Å². The fraction of sp³-hybridized carbons (Fsp3) is 0.450. The van der Waals surface area contributed by atoms with Crippen LogP contribution >= 0.6 is 0 Å². The minimum atomic E-state index is -0.150. The van der Waals surface area contributed by atoms with Crippen molar-refractivity contribution in [3.05, 3.63) is 48.0 Å². The van der Waals surface area contributed by atoms with E-state index >= 15 is 0 Å². The maximum atomic E-state index is 12.5. The molecule has 0 aliphatic carbocycles. The maximum absolute atomic E-state index is 12.5. The van der Waals surface area contributed by atoms with Crippen molar-refractivity contribution in [3.8, 4) is 0 Å². The summed E-state index contributed by atoms with van der Waals surface area (Å²) in [7, 11) is 0. The molecule has 2 rings (SSSR count). The van der Waals surface area contributed by atoms with Gasteiger partial charge in [0.2, 0.25) is 0 Å². The first-order valence-electron chi connectivity index (χ1n) is 8.42. The zero-order valence-electron chi connectivity index (χ0n) is 14.4. The van der Waals surface area contributed by atoms with Gasteiger partial charge >= 0.3 is 29.9 Å². The molecule has 0 amide bonds. The molecule has 0 aliphatic rings. The zero-order valence-corrected chi connectivity index (χ0v) is 18.4. The van der Waals surface area contributed by atoms with Crippen LogP contribution in [0.15, 0.2) is 42.5 Å². The van der Waals surface area contributed by atoms with Gasteiger partial charge in [0.05, 0.1) is 12.5 Å². The topological polar surface area (TPSA) is 26.3 Å². The van der Waals surface area contributed by atoms with Gasteiger partial charge in [-0.15, -0.1) is 0 Å². The zero-order chi connectivity index (χ0) is 15.8. The molecule has 0 N–H and O–H groups in total. The molecule has 124 valence electrons. The van der Waals surface area contributed by atoms with Gasteiger partial charge in [-0.25, -0.2) is 0 Å². The molecule has 2 nitrogen and oxygen atoms in total. The van der Waals surface area contributed by atoms with Crippen molar-refractivity contribution < 1.29 is 9.53 Å². The Kier molecular flexibility index (Phi) is 9.30. The summed E-state index contributed by atoms with van der Waals surface area (Å²) in [5.74, 6) is -0.221. The molecule has 0 heterocycles. The predicted molar refractivity (Wildman–Crippen MR) is 101 cm³/mol. The fourth-order valence-corrected chi connectivity index (χ4v) is 2.78. The Labute approximate surface area is 156 Å². The average Bonchev–Trinajstić information content (AvgIpc) is 2.55. The molecular weight excluding hydrogens is 391 g/mol. The average molecular weight is 419 g/mol. The SMILES string of the molecule is CCCCOC(=O)C(CCCC)c1cccc2ccccc12.[SnH2]. The van der Waals surface area contributed by atoms with Crippen LogP contribution < -0.4 is 0 Å². The quantitative estimate of drug-likeness (QED) is 0.357. The Morgan fingerprint density at radius 1 is 1.00 bits per heavy atom. The minimum absolute atomic E-state index is 0. The van der Waals surface area contributed by atoms with Crippen molar-refractivity contribution in [2.24, 2.45) is 0 Å². The van der Waals surface area contributed by atoms with Gasteiger partial charge in [0.1, 0.15) is 0 Å². The second-order valence-electron chi connectivity index (χ2n) is 5.78. The van der Waals surface area contributed by atoms with E-state index < -0.39 is 0 Å². The molecule has 1 unspecified atom stereocenters. The third-order valence-corrected chi connectivity index (χ3v) is 4.07. The molecule has 23 heavy (non-hydrogen) atoms. The molecule has 2 radical (unpaired) electrons. The Balaban J connectivity index is 0.00000264. The third-order valence-electron chi connectivity index (χ3n) is 4.07. The first-order valence-corrected chi connectivity index (χ1v) is 8.42. The van der Waals surface area contributed by atoms with Crippen LogP contribution in [-0.2, 0) is 9.53 Å². The summed E-state index contributed by atoms with van der Waals surface area (Å²) in [5.41, 5.74) is 1.10. The number of unbranched alkanes of at least 4 members (excludes halogenated alkanes) is 2. The van der Waals surface area contributed by atoms with E-state index in [0.717, 1.165) is 37.7 Å². The van der Waals surface area contributed by atoms with Gasteiger partial charge < -0.3 is 4.74 Å². The van der Waals surface area contributed by atoms with Crippen molar-refractivity contribution in [2.75, 3.05) is 6.61 Å².